The minimum absolute atomic E-state index is 0.0762. The van der Waals surface area contributed by atoms with E-state index in [1.807, 2.05) is 55.5 Å². The smallest absolute Gasteiger partial charge is 0.407 e. The molecule has 0 spiro atoms. The van der Waals surface area contributed by atoms with Crippen LogP contribution < -0.4 is 10.6 Å². The summed E-state index contributed by atoms with van der Waals surface area (Å²) in [4.78, 5) is 36.6. The van der Waals surface area contributed by atoms with Crippen LogP contribution in [0.25, 0.3) is 11.1 Å². The number of hydrogen-bond donors (Lipinski definition) is 3. The normalized spacial score (nSPS) is 13.9. The number of aryl methyl sites for hydroxylation is 1. The van der Waals surface area contributed by atoms with Gasteiger partial charge in [-0.05, 0) is 42.5 Å². The zero-order valence-corrected chi connectivity index (χ0v) is 20.2. The number of aromatic nitrogens is 2. The summed E-state index contributed by atoms with van der Waals surface area (Å²) in [6, 6.07) is 14.4. The molecule has 3 N–H and O–H groups in total. The van der Waals surface area contributed by atoms with Gasteiger partial charge >= 0.3 is 12.1 Å². The second kappa shape index (κ2) is 10.6. The Bertz CT molecular complexity index is 1200. The molecule has 0 saturated heterocycles. The predicted molar refractivity (Wildman–Crippen MR) is 130 cm³/mol. The maximum atomic E-state index is 12.9. The van der Waals surface area contributed by atoms with Crippen LogP contribution in [-0.4, -0.2) is 45.9 Å². The molecule has 0 saturated carbocycles. The number of carboxylic acids is 1. The number of rotatable bonds is 9. The van der Waals surface area contributed by atoms with Crippen LogP contribution in [0, 0.1) is 6.92 Å². The van der Waals surface area contributed by atoms with Crippen molar-refractivity contribution in [1.29, 1.82) is 0 Å². The lowest BCUT2D eigenvalue weighted by molar-refractivity contribution is -0.137. The Labute approximate surface area is 206 Å². The molecule has 35 heavy (non-hydrogen) atoms. The molecule has 10 heteroatoms. The van der Waals surface area contributed by atoms with Gasteiger partial charge < -0.3 is 20.5 Å². The Morgan fingerprint density at radius 2 is 1.66 bits per heavy atom. The van der Waals surface area contributed by atoms with Gasteiger partial charge in [0.1, 0.15) is 22.7 Å². The Balaban J connectivity index is 1.41. The fourth-order valence-electron chi connectivity index (χ4n) is 4.18. The number of aliphatic carboxylic acids is 1. The molecule has 2 amide bonds. The summed E-state index contributed by atoms with van der Waals surface area (Å²) in [5.41, 5.74) is 4.36. The summed E-state index contributed by atoms with van der Waals surface area (Å²) in [7, 11) is 0. The zero-order valence-electron chi connectivity index (χ0n) is 19.4. The fourth-order valence-corrected chi connectivity index (χ4v) is 4.88. The first-order valence-corrected chi connectivity index (χ1v) is 12.1. The second-order valence-corrected chi connectivity index (χ2v) is 9.56. The van der Waals surface area contributed by atoms with Gasteiger partial charge in [-0.15, -0.1) is 10.2 Å². The van der Waals surface area contributed by atoms with E-state index in [2.05, 4.69) is 20.8 Å². The van der Waals surface area contributed by atoms with Gasteiger partial charge in [-0.2, -0.15) is 0 Å². The first kappa shape index (κ1) is 24.3. The molecule has 2 aromatic carbocycles. The first-order chi connectivity index (χ1) is 16.8. The van der Waals surface area contributed by atoms with Gasteiger partial charge in [0, 0.05) is 12.3 Å². The summed E-state index contributed by atoms with van der Waals surface area (Å²) in [5.74, 6) is -1.70. The number of amides is 2. The third kappa shape index (κ3) is 5.65. The predicted octanol–water partition coefficient (Wildman–Crippen LogP) is 3.80. The summed E-state index contributed by atoms with van der Waals surface area (Å²) in [6.45, 7) is 3.65. The first-order valence-electron chi connectivity index (χ1n) is 11.3. The van der Waals surface area contributed by atoms with Crippen LogP contribution in [0.4, 0.5) is 4.79 Å². The van der Waals surface area contributed by atoms with E-state index in [9.17, 15) is 14.4 Å². The second-order valence-electron chi connectivity index (χ2n) is 8.34. The van der Waals surface area contributed by atoms with Crippen molar-refractivity contribution < 1.29 is 24.2 Å². The number of fused-ring (bicyclic) bond motifs is 3. The van der Waals surface area contributed by atoms with Gasteiger partial charge in [0.2, 0.25) is 5.91 Å². The number of benzene rings is 2. The highest BCUT2D eigenvalue weighted by Crippen LogP contribution is 2.44. The van der Waals surface area contributed by atoms with Crippen molar-refractivity contribution in [3.63, 3.8) is 0 Å². The standard InChI is InChI=1S/C25H26N4O5S/c1-14(24-29-28-15(2)35-24)26-23(32)21(11-12-22(30)31)27-25(33)34-13-20-18-9-5-3-7-16(18)17-8-4-6-10-19(17)20/h3-10,14,20-21H,11-13H2,1-2H3,(H,26,32)(H,27,33)(H,30,31). The monoisotopic (exact) mass is 494 g/mol. The Morgan fingerprint density at radius 1 is 1.03 bits per heavy atom. The van der Waals surface area contributed by atoms with Gasteiger partial charge in [0.05, 0.1) is 6.04 Å². The number of carboxylic acid groups (broad SMARTS) is 1. The topological polar surface area (TPSA) is 131 Å². The van der Waals surface area contributed by atoms with Crippen molar-refractivity contribution in [1.82, 2.24) is 20.8 Å². The van der Waals surface area contributed by atoms with Gasteiger partial charge in [-0.25, -0.2) is 4.79 Å². The number of nitrogens with zero attached hydrogens (tertiary/aromatic N) is 2. The molecule has 1 heterocycles. The average molecular weight is 495 g/mol. The molecular formula is C25H26N4O5S. The van der Waals surface area contributed by atoms with E-state index in [0.717, 1.165) is 27.3 Å². The van der Waals surface area contributed by atoms with Crippen LogP contribution in [0.3, 0.4) is 0 Å². The minimum atomic E-state index is -1.07. The largest absolute Gasteiger partial charge is 0.481 e. The molecule has 0 aliphatic heterocycles. The zero-order chi connectivity index (χ0) is 24.9. The van der Waals surface area contributed by atoms with E-state index >= 15 is 0 Å². The quantitative estimate of drug-likeness (QED) is 0.412. The molecule has 182 valence electrons. The summed E-state index contributed by atoms with van der Waals surface area (Å²) in [6.07, 6.45) is -1.14. The molecule has 0 radical (unpaired) electrons. The van der Waals surface area contributed by atoms with E-state index in [1.54, 1.807) is 6.92 Å². The molecule has 9 nitrogen and oxygen atoms in total. The number of carbonyl (C=O) groups excluding carboxylic acids is 2. The number of hydrogen-bond acceptors (Lipinski definition) is 7. The molecule has 1 aromatic heterocycles. The van der Waals surface area contributed by atoms with Crippen LogP contribution in [0.5, 0.6) is 0 Å². The highest BCUT2D eigenvalue weighted by Gasteiger charge is 2.30. The van der Waals surface area contributed by atoms with E-state index in [0.29, 0.717) is 5.01 Å². The SMILES string of the molecule is Cc1nnc(C(C)NC(=O)C(CCC(=O)O)NC(=O)OCC2c3ccccc3-c3ccccc32)s1. The van der Waals surface area contributed by atoms with Gasteiger partial charge in [-0.3, -0.25) is 9.59 Å². The summed E-state index contributed by atoms with van der Waals surface area (Å²) in [5, 5.41) is 23.7. The van der Waals surface area contributed by atoms with E-state index < -0.39 is 30.1 Å². The van der Waals surface area contributed by atoms with Crippen LogP contribution >= 0.6 is 11.3 Å². The molecule has 0 bridgehead atoms. The van der Waals surface area contributed by atoms with Gasteiger partial charge in [0.25, 0.3) is 0 Å². The average Bonchev–Trinajstić information content (AvgIpc) is 3.41. The maximum absolute atomic E-state index is 12.9. The third-order valence-corrected chi connectivity index (χ3v) is 6.89. The van der Waals surface area contributed by atoms with Gasteiger partial charge in [0.15, 0.2) is 0 Å². The molecule has 1 aliphatic rings. The van der Waals surface area contributed by atoms with E-state index in [-0.39, 0.29) is 25.4 Å². The van der Waals surface area contributed by atoms with Crippen molar-refractivity contribution in [2.45, 2.75) is 44.7 Å². The molecule has 4 rings (SSSR count). The highest BCUT2D eigenvalue weighted by atomic mass is 32.1. The van der Waals surface area contributed by atoms with E-state index in [1.165, 1.54) is 11.3 Å². The Morgan fingerprint density at radius 3 is 2.23 bits per heavy atom. The lowest BCUT2D eigenvalue weighted by Crippen LogP contribution is -2.47. The lowest BCUT2D eigenvalue weighted by Gasteiger charge is -2.21. The van der Waals surface area contributed by atoms with Gasteiger partial charge in [-0.1, -0.05) is 59.9 Å². The van der Waals surface area contributed by atoms with Crippen molar-refractivity contribution in [3.05, 3.63) is 69.7 Å². The molecule has 1 aliphatic carbocycles. The van der Waals surface area contributed by atoms with Crippen molar-refractivity contribution >= 4 is 29.3 Å². The van der Waals surface area contributed by atoms with Crippen LogP contribution in [0.1, 0.15) is 52.9 Å². The molecule has 2 unspecified atom stereocenters. The van der Waals surface area contributed by atoms with Crippen molar-refractivity contribution in [2.24, 2.45) is 0 Å². The summed E-state index contributed by atoms with van der Waals surface area (Å²) < 4.78 is 5.52. The van der Waals surface area contributed by atoms with Crippen LogP contribution in [-0.2, 0) is 14.3 Å². The highest BCUT2D eigenvalue weighted by molar-refractivity contribution is 7.11. The van der Waals surface area contributed by atoms with Crippen molar-refractivity contribution in [3.8, 4) is 11.1 Å². The van der Waals surface area contributed by atoms with Crippen LogP contribution in [0.15, 0.2) is 48.5 Å². The summed E-state index contributed by atoms with van der Waals surface area (Å²) >= 11 is 1.35. The number of ether oxygens (including phenoxy) is 1. The fraction of sp³-hybridized carbons (Fsp3) is 0.320. The van der Waals surface area contributed by atoms with Crippen molar-refractivity contribution in [2.75, 3.05) is 6.61 Å². The Hall–Kier alpha value is -3.79. The number of nitrogens with one attached hydrogen (secondary N) is 2. The molecular weight excluding hydrogens is 468 g/mol. The Kier molecular flexibility index (Phi) is 7.40. The molecule has 2 atom stereocenters. The third-order valence-electron chi connectivity index (χ3n) is 5.87. The number of carbonyl (C=O) groups is 3. The molecule has 3 aromatic rings. The maximum Gasteiger partial charge on any atom is 0.407 e. The molecule has 0 fully saturated rings. The van der Waals surface area contributed by atoms with E-state index in [4.69, 9.17) is 9.84 Å². The minimum Gasteiger partial charge on any atom is -0.481 e. The van der Waals surface area contributed by atoms with Crippen LogP contribution in [0.2, 0.25) is 0 Å². The lowest BCUT2D eigenvalue weighted by atomic mass is 9.98. The number of alkyl carbamates (subject to hydrolysis) is 1.